The summed E-state index contributed by atoms with van der Waals surface area (Å²) in [6.07, 6.45) is -0.989. The Labute approximate surface area is 97.9 Å². The van der Waals surface area contributed by atoms with Gasteiger partial charge in [-0.05, 0) is 0 Å². The van der Waals surface area contributed by atoms with Gasteiger partial charge in [-0.25, -0.2) is 0 Å². The summed E-state index contributed by atoms with van der Waals surface area (Å²) in [6, 6.07) is -0.629. The van der Waals surface area contributed by atoms with E-state index in [-0.39, 0.29) is 18.9 Å². The van der Waals surface area contributed by atoms with Crippen molar-refractivity contribution in [3.63, 3.8) is 0 Å². The predicted molar refractivity (Wildman–Crippen MR) is 54.7 cm³/mol. The summed E-state index contributed by atoms with van der Waals surface area (Å²) < 4.78 is 4.49. The molecule has 2 amide bonds. The highest BCUT2D eigenvalue weighted by molar-refractivity contribution is 5.95. The molecule has 94 valence electrons. The van der Waals surface area contributed by atoms with Gasteiger partial charge in [-0.3, -0.25) is 14.4 Å². The Kier molecular flexibility index (Phi) is 3.01. The molecule has 0 spiro atoms. The highest BCUT2D eigenvalue weighted by atomic mass is 16.5. The number of carbonyl (C=O) groups excluding carboxylic acids is 3. The van der Waals surface area contributed by atoms with E-state index >= 15 is 0 Å². The summed E-state index contributed by atoms with van der Waals surface area (Å²) in [5.74, 6) is -1.19. The molecule has 0 bridgehead atoms. The average molecular weight is 242 g/mol. The normalized spacial score (nSPS) is 28.4. The SMILES string of the molecule is COC(=O)CN1CCN2C(=O)[C@H](O)C[C@H]2C1=O. The minimum absolute atomic E-state index is 0.106. The Bertz CT molecular complexity index is 370. The lowest BCUT2D eigenvalue weighted by Gasteiger charge is -2.35. The highest BCUT2D eigenvalue weighted by Gasteiger charge is 2.46. The van der Waals surface area contributed by atoms with Crippen LogP contribution in [-0.2, 0) is 19.1 Å². The van der Waals surface area contributed by atoms with Crippen LogP contribution in [0, 0.1) is 0 Å². The third-order valence-electron chi connectivity index (χ3n) is 3.15. The fourth-order valence-electron chi connectivity index (χ4n) is 2.21. The second-order valence-corrected chi connectivity index (χ2v) is 4.13. The van der Waals surface area contributed by atoms with Crippen LogP contribution in [-0.4, -0.2) is 71.6 Å². The summed E-state index contributed by atoms with van der Waals surface area (Å²) in [5, 5.41) is 9.41. The first kappa shape index (κ1) is 11.8. The van der Waals surface area contributed by atoms with Gasteiger partial charge in [0.2, 0.25) is 5.91 Å². The molecule has 0 aliphatic carbocycles. The maximum absolute atomic E-state index is 12.0. The van der Waals surface area contributed by atoms with Gasteiger partial charge in [0.05, 0.1) is 7.11 Å². The van der Waals surface area contributed by atoms with Crippen LogP contribution in [0.25, 0.3) is 0 Å². The van der Waals surface area contributed by atoms with Gasteiger partial charge in [0, 0.05) is 19.5 Å². The minimum atomic E-state index is -1.10. The molecule has 7 nitrogen and oxygen atoms in total. The van der Waals surface area contributed by atoms with Crippen molar-refractivity contribution in [2.24, 2.45) is 0 Å². The predicted octanol–water partition coefficient (Wildman–Crippen LogP) is -2.04. The van der Waals surface area contributed by atoms with Gasteiger partial charge in [0.25, 0.3) is 5.91 Å². The van der Waals surface area contributed by atoms with E-state index in [0.29, 0.717) is 13.1 Å². The number of hydrogen-bond acceptors (Lipinski definition) is 5. The van der Waals surface area contributed by atoms with Crippen molar-refractivity contribution in [1.29, 1.82) is 0 Å². The van der Waals surface area contributed by atoms with Gasteiger partial charge < -0.3 is 19.6 Å². The second-order valence-electron chi connectivity index (χ2n) is 4.13. The molecule has 2 heterocycles. The summed E-state index contributed by atoms with van der Waals surface area (Å²) in [7, 11) is 1.26. The number of aliphatic hydroxyl groups is 1. The summed E-state index contributed by atoms with van der Waals surface area (Å²) in [4.78, 5) is 37.3. The monoisotopic (exact) mass is 242 g/mol. The number of carbonyl (C=O) groups is 3. The average Bonchev–Trinajstić information content (AvgIpc) is 2.60. The molecule has 2 aliphatic rings. The smallest absolute Gasteiger partial charge is 0.325 e. The zero-order valence-electron chi connectivity index (χ0n) is 9.46. The summed E-state index contributed by atoms with van der Waals surface area (Å²) >= 11 is 0. The fourth-order valence-corrected chi connectivity index (χ4v) is 2.21. The topological polar surface area (TPSA) is 87.2 Å². The van der Waals surface area contributed by atoms with Crippen molar-refractivity contribution in [1.82, 2.24) is 9.80 Å². The molecule has 0 aromatic rings. The maximum Gasteiger partial charge on any atom is 0.325 e. The highest BCUT2D eigenvalue weighted by Crippen LogP contribution is 2.24. The Hall–Kier alpha value is -1.63. The fraction of sp³-hybridized carbons (Fsp3) is 0.700. The van der Waals surface area contributed by atoms with Gasteiger partial charge in [0.1, 0.15) is 18.7 Å². The van der Waals surface area contributed by atoms with E-state index in [1.807, 2.05) is 0 Å². The van der Waals surface area contributed by atoms with Gasteiger partial charge in [0.15, 0.2) is 0 Å². The quantitative estimate of drug-likeness (QED) is 0.564. The van der Waals surface area contributed by atoms with Crippen LogP contribution in [0.2, 0.25) is 0 Å². The first-order valence-electron chi connectivity index (χ1n) is 5.38. The van der Waals surface area contributed by atoms with E-state index < -0.39 is 24.0 Å². The molecule has 2 fully saturated rings. The molecule has 2 atom stereocenters. The Morgan fingerprint density at radius 3 is 2.76 bits per heavy atom. The molecule has 0 aromatic heterocycles. The van der Waals surface area contributed by atoms with Crippen LogP contribution in [0.4, 0.5) is 0 Å². The number of fused-ring (bicyclic) bond motifs is 1. The molecule has 0 radical (unpaired) electrons. The number of methoxy groups -OCH3 is 1. The molecule has 2 rings (SSSR count). The van der Waals surface area contributed by atoms with Gasteiger partial charge in [-0.1, -0.05) is 0 Å². The standard InChI is InChI=1S/C10H14N2O5/c1-17-8(14)5-11-2-3-12-6(9(11)15)4-7(13)10(12)16/h6-7,13H,2-5H2,1H3/t6-,7+/m0/s1. The number of hydrogen-bond donors (Lipinski definition) is 1. The molecular weight excluding hydrogens is 228 g/mol. The van der Waals surface area contributed by atoms with Crippen LogP contribution < -0.4 is 0 Å². The number of amides is 2. The third kappa shape index (κ3) is 1.97. The molecular formula is C10H14N2O5. The van der Waals surface area contributed by atoms with Crippen LogP contribution >= 0.6 is 0 Å². The Morgan fingerprint density at radius 1 is 1.41 bits per heavy atom. The van der Waals surface area contributed by atoms with Gasteiger partial charge in [-0.15, -0.1) is 0 Å². The first-order valence-corrected chi connectivity index (χ1v) is 5.38. The third-order valence-corrected chi connectivity index (χ3v) is 3.15. The van der Waals surface area contributed by atoms with Crippen LogP contribution in [0.15, 0.2) is 0 Å². The zero-order valence-corrected chi connectivity index (χ0v) is 9.46. The lowest BCUT2D eigenvalue weighted by molar-refractivity contribution is -0.153. The lowest BCUT2D eigenvalue weighted by Crippen LogP contribution is -2.56. The van der Waals surface area contributed by atoms with Crippen molar-refractivity contribution in [2.75, 3.05) is 26.7 Å². The number of ether oxygens (including phenoxy) is 1. The summed E-state index contributed by atoms with van der Waals surface area (Å²) in [6.45, 7) is 0.538. The van der Waals surface area contributed by atoms with Crippen molar-refractivity contribution in [2.45, 2.75) is 18.6 Å². The molecule has 17 heavy (non-hydrogen) atoms. The lowest BCUT2D eigenvalue weighted by atomic mass is 10.1. The van der Waals surface area contributed by atoms with Crippen molar-refractivity contribution >= 4 is 17.8 Å². The second kappa shape index (κ2) is 4.33. The summed E-state index contributed by atoms with van der Waals surface area (Å²) in [5.41, 5.74) is 0. The van der Waals surface area contributed by atoms with Crippen LogP contribution in [0.5, 0.6) is 0 Å². The van der Waals surface area contributed by atoms with E-state index in [0.717, 1.165) is 0 Å². The van der Waals surface area contributed by atoms with Gasteiger partial charge in [-0.2, -0.15) is 0 Å². The number of esters is 1. The molecule has 7 heteroatoms. The number of aliphatic hydroxyl groups excluding tert-OH is 1. The van der Waals surface area contributed by atoms with E-state index in [1.54, 1.807) is 0 Å². The van der Waals surface area contributed by atoms with Crippen LogP contribution in [0.3, 0.4) is 0 Å². The molecule has 0 saturated carbocycles. The largest absolute Gasteiger partial charge is 0.468 e. The van der Waals surface area contributed by atoms with Gasteiger partial charge >= 0.3 is 5.97 Å². The number of piperazine rings is 1. The molecule has 2 aliphatic heterocycles. The molecule has 1 N–H and O–H groups in total. The van der Waals surface area contributed by atoms with Crippen molar-refractivity contribution < 1.29 is 24.2 Å². The maximum atomic E-state index is 12.0. The first-order chi connectivity index (χ1) is 8.04. The molecule has 0 unspecified atom stereocenters. The Morgan fingerprint density at radius 2 is 2.12 bits per heavy atom. The Balaban J connectivity index is 2.06. The number of nitrogens with zero attached hydrogens (tertiary/aromatic N) is 2. The van der Waals surface area contributed by atoms with E-state index in [4.69, 9.17) is 0 Å². The minimum Gasteiger partial charge on any atom is -0.468 e. The van der Waals surface area contributed by atoms with E-state index in [2.05, 4.69) is 4.74 Å². The number of rotatable bonds is 2. The van der Waals surface area contributed by atoms with E-state index in [1.165, 1.54) is 16.9 Å². The van der Waals surface area contributed by atoms with E-state index in [9.17, 15) is 19.5 Å². The van der Waals surface area contributed by atoms with Crippen molar-refractivity contribution in [3.05, 3.63) is 0 Å². The molecule has 2 saturated heterocycles. The molecule has 0 aromatic carbocycles. The van der Waals surface area contributed by atoms with Crippen LogP contribution in [0.1, 0.15) is 6.42 Å². The zero-order chi connectivity index (χ0) is 12.6. The van der Waals surface area contributed by atoms with Crippen molar-refractivity contribution in [3.8, 4) is 0 Å².